The summed E-state index contributed by atoms with van der Waals surface area (Å²) in [7, 11) is 0. The fourth-order valence-corrected chi connectivity index (χ4v) is 2.89. The van der Waals surface area contributed by atoms with Gasteiger partial charge in [-0.1, -0.05) is 48.5 Å². The smallest absolute Gasteiger partial charge is 0.232 e. The van der Waals surface area contributed by atoms with Crippen LogP contribution in [0.3, 0.4) is 0 Å². The van der Waals surface area contributed by atoms with Gasteiger partial charge in [-0.15, -0.1) is 0 Å². The first kappa shape index (κ1) is 16.6. The highest BCUT2D eigenvalue weighted by atomic mass is 16.4. The van der Waals surface area contributed by atoms with Gasteiger partial charge in [-0.05, 0) is 12.1 Å². The number of anilines is 1. The summed E-state index contributed by atoms with van der Waals surface area (Å²) in [5.41, 5.74) is 4.13. The SMILES string of the molecule is Cc1nc(C#N)c(NCc2cn(-c3ccccc3)nc2-c2ccccc2)o1. The van der Waals surface area contributed by atoms with Gasteiger partial charge in [0.2, 0.25) is 11.6 Å². The van der Waals surface area contributed by atoms with Crippen LogP contribution in [0, 0.1) is 18.3 Å². The van der Waals surface area contributed by atoms with Crippen LogP contribution in [0.25, 0.3) is 16.9 Å². The molecule has 4 rings (SSSR count). The summed E-state index contributed by atoms with van der Waals surface area (Å²) in [6, 6.07) is 22.0. The number of rotatable bonds is 5. The number of nitrogens with one attached hydrogen (secondary N) is 1. The van der Waals surface area contributed by atoms with Gasteiger partial charge in [0.1, 0.15) is 6.07 Å². The molecule has 0 spiro atoms. The normalized spacial score (nSPS) is 10.5. The molecule has 0 fully saturated rings. The molecule has 6 nitrogen and oxygen atoms in total. The largest absolute Gasteiger partial charge is 0.424 e. The van der Waals surface area contributed by atoms with E-state index in [1.165, 1.54) is 0 Å². The molecule has 1 N–H and O–H groups in total. The third-order valence-corrected chi connectivity index (χ3v) is 4.14. The van der Waals surface area contributed by atoms with Crippen molar-refractivity contribution in [2.75, 3.05) is 5.32 Å². The van der Waals surface area contributed by atoms with Crippen molar-refractivity contribution < 1.29 is 4.42 Å². The number of aryl methyl sites for hydroxylation is 1. The van der Waals surface area contributed by atoms with Crippen molar-refractivity contribution in [3.05, 3.63) is 84.0 Å². The third kappa shape index (κ3) is 3.44. The van der Waals surface area contributed by atoms with Gasteiger partial charge in [0.05, 0.1) is 11.4 Å². The molecule has 0 saturated carbocycles. The Kier molecular flexibility index (Phi) is 4.42. The summed E-state index contributed by atoms with van der Waals surface area (Å²) < 4.78 is 7.35. The minimum Gasteiger partial charge on any atom is -0.424 e. The van der Waals surface area contributed by atoms with Crippen LogP contribution in [-0.2, 0) is 6.54 Å². The maximum absolute atomic E-state index is 9.19. The second-order valence-corrected chi connectivity index (χ2v) is 6.03. The molecular weight excluding hydrogens is 338 g/mol. The average Bonchev–Trinajstić information content (AvgIpc) is 3.31. The van der Waals surface area contributed by atoms with Gasteiger partial charge in [-0.2, -0.15) is 10.4 Å². The Balaban J connectivity index is 1.70. The van der Waals surface area contributed by atoms with Gasteiger partial charge in [-0.3, -0.25) is 0 Å². The minimum atomic E-state index is 0.254. The van der Waals surface area contributed by atoms with Crippen LogP contribution < -0.4 is 5.32 Å². The highest BCUT2D eigenvalue weighted by Gasteiger charge is 2.15. The first-order valence-electron chi connectivity index (χ1n) is 8.55. The number of oxazole rings is 1. The predicted octanol–water partition coefficient (Wildman–Crippen LogP) is 4.32. The van der Waals surface area contributed by atoms with Crippen molar-refractivity contribution in [2.24, 2.45) is 0 Å². The van der Waals surface area contributed by atoms with E-state index in [9.17, 15) is 5.26 Å². The molecule has 4 aromatic rings. The summed E-state index contributed by atoms with van der Waals surface area (Å²) >= 11 is 0. The first-order valence-corrected chi connectivity index (χ1v) is 8.55. The Morgan fingerprint density at radius 3 is 2.48 bits per heavy atom. The lowest BCUT2D eigenvalue weighted by atomic mass is 10.1. The van der Waals surface area contributed by atoms with Crippen LogP contribution in [0.4, 0.5) is 5.88 Å². The van der Waals surface area contributed by atoms with E-state index >= 15 is 0 Å². The second-order valence-electron chi connectivity index (χ2n) is 6.03. The van der Waals surface area contributed by atoms with E-state index in [1.54, 1.807) is 6.92 Å². The first-order chi connectivity index (χ1) is 13.2. The van der Waals surface area contributed by atoms with Gasteiger partial charge in [0, 0.05) is 30.8 Å². The van der Waals surface area contributed by atoms with Crippen LogP contribution in [0.2, 0.25) is 0 Å². The molecule has 0 amide bonds. The van der Waals surface area contributed by atoms with Crippen LogP contribution in [0.15, 0.2) is 71.3 Å². The van der Waals surface area contributed by atoms with Crippen molar-refractivity contribution >= 4 is 5.88 Å². The van der Waals surface area contributed by atoms with Crippen molar-refractivity contribution in [3.63, 3.8) is 0 Å². The monoisotopic (exact) mass is 355 g/mol. The number of nitrogens with zero attached hydrogens (tertiary/aromatic N) is 4. The number of para-hydroxylation sites is 1. The van der Waals surface area contributed by atoms with Crippen LogP contribution >= 0.6 is 0 Å². The Morgan fingerprint density at radius 1 is 1.07 bits per heavy atom. The van der Waals surface area contributed by atoms with E-state index in [0.29, 0.717) is 18.3 Å². The molecule has 0 saturated heterocycles. The molecule has 132 valence electrons. The predicted molar refractivity (Wildman–Crippen MR) is 102 cm³/mol. The van der Waals surface area contributed by atoms with E-state index in [4.69, 9.17) is 9.52 Å². The van der Waals surface area contributed by atoms with Crippen molar-refractivity contribution in [1.82, 2.24) is 14.8 Å². The van der Waals surface area contributed by atoms with E-state index in [-0.39, 0.29) is 5.69 Å². The zero-order valence-corrected chi connectivity index (χ0v) is 14.8. The lowest BCUT2D eigenvalue weighted by Gasteiger charge is -2.04. The standard InChI is InChI=1S/C21H17N5O/c1-15-24-19(12-22)21(27-15)23-13-17-14-26(18-10-6-3-7-11-18)25-20(17)16-8-4-2-5-9-16/h2-11,14,23H,13H2,1H3. The highest BCUT2D eigenvalue weighted by Crippen LogP contribution is 2.25. The topological polar surface area (TPSA) is 79.7 Å². The third-order valence-electron chi connectivity index (χ3n) is 4.14. The maximum atomic E-state index is 9.19. The molecule has 27 heavy (non-hydrogen) atoms. The van der Waals surface area contributed by atoms with Gasteiger partial charge >= 0.3 is 0 Å². The lowest BCUT2D eigenvalue weighted by Crippen LogP contribution is -2.00. The summed E-state index contributed by atoms with van der Waals surface area (Å²) in [6.07, 6.45) is 1.99. The molecule has 0 radical (unpaired) electrons. The summed E-state index contributed by atoms with van der Waals surface area (Å²) in [4.78, 5) is 4.06. The Bertz CT molecular complexity index is 1090. The number of hydrogen-bond donors (Lipinski definition) is 1. The van der Waals surface area contributed by atoms with E-state index in [2.05, 4.69) is 10.3 Å². The molecule has 0 aliphatic rings. The fraction of sp³-hybridized carbons (Fsp3) is 0.0952. The molecule has 2 aromatic carbocycles. The maximum Gasteiger partial charge on any atom is 0.232 e. The number of hydrogen-bond acceptors (Lipinski definition) is 5. The van der Waals surface area contributed by atoms with Gasteiger partial charge < -0.3 is 9.73 Å². The van der Waals surface area contributed by atoms with Crippen LogP contribution in [-0.4, -0.2) is 14.8 Å². The molecule has 2 aromatic heterocycles. The molecule has 2 heterocycles. The zero-order valence-electron chi connectivity index (χ0n) is 14.8. The van der Waals surface area contributed by atoms with Crippen LogP contribution in [0.1, 0.15) is 17.1 Å². The van der Waals surface area contributed by atoms with Crippen molar-refractivity contribution in [3.8, 4) is 23.0 Å². The average molecular weight is 355 g/mol. The van der Waals surface area contributed by atoms with Gasteiger partial charge in [0.15, 0.2) is 5.89 Å². The molecule has 0 bridgehead atoms. The molecule has 6 heteroatoms. The molecule has 0 unspecified atom stereocenters. The van der Waals surface area contributed by atoms with Gasteiger partial charge in [-0.25, -0.2) is 9.67 Å². The van der Waals surface area contributed by atoms with E-state index in [0.717, 1.165) is 22.5 Å². The molecule has 0 aliphatic carbocycles. The Morgan fingerprint density at radius 2 is 1.78 bits per heavy atom. The quantitative estimate of drug-likeness (QED) is 0.577. The zero-order chi connectivity index (χ0) is 18.6. The molecule has 0 atom stereocenters. The molecule has 0 aliphatic heterocycles. The highest BCUT2D eigenvalue weighted by molar-refractivity contribution is 5.64. The van der Waals surface area contributed by atoms with E-state index < -0.39 is 0 Å². The number of aromatic nitrogens is 3. The van der Waals surface area contributed by atoms with Crippen LogP contribution in [0.5, 0.6) is 0 Å². The number of nitriles is 1. The Labute approximate surface area is 156 Å². The van der Waals surface area contributed by atoms with E-state index in [1.807, 2.05) is 77.6 Å². The summed E-state index contributed by atoms with van der Waals surface area (Å²) in [5.74, 6) is 0.832. The van der Waals surface area contributed by atoms with Gasteiger partial charge in [0.25, 0.3) is 0 Å². The minimum absolute atomic E-state index is 0.254. The van der Waals surface area contributed by atoms with Crippen molar-refractivity contribution in [2.45, 2.75) is 13.5 Å². The Hall–Kier alpha value is -3.85. The van der Waals surface area contributed by atoms with Crippen molar-refractivity contribution in [1.29, 1.82) is 5.26 Å². The fourth-order valence-electron chi connectivity index (χ4n) is 2.89. The number of benzene rings is 2. The summed E-state index contributed by atoms with van der Waals surface area (Å²) in [5, 5.41) is 17.1. The second kappa shape index (κ2) is 7.18. The summed E-state index contributed by atoms with van der Waals surface area (Å²) in [6.45, 7) is 2.18. The lowest BCUT2D eigenvalue weighted by molar-refractivity contribution is 0.532. The molecular formula is C21H17N5O.